The molecule has 5 heteroatoms. The number of aromatic nitrogens is 2. The van der Waals surface area contributed by atoms with Gasteiger partial charge in [0.25, 0.3) is 0 Å². The lowest BCUT2D eigenvalue weighted by atomic mass is 10.2. The fourth-order valence-electron chi connectivity index (χ4n) is 2.20. The Kier molecular flexibility index (Phi) is 5.16. The molecule has 0 aliphatic carbocycles. The molecule has 1 fully saturated rings. The Hall–Kier alpha value is -0.910. The highest BCUT2D eigenvalue weighted by molar-refractivity contribution is 5.03. The van der Waals surface area contributed by atoms with Gasteiger partial charge in [-0.1, -0.05) is 0 Å². The Morgan fingerprint density at radius 2 is 2.22 bits per heavy atom. The van der Waals surface area contributed by atoms with Gasteiger partial charge in [0.1, 0.15) is 0 Å². The van der Waals surface area contributed by atoms with Crippen LogP contribution in [0.3, 0.4) is 0 Å². The Morgan fingerprint density at radius 1 is 1.44 bits per heavy atom. The van der Waals surface area contributed by atoms with Crippen LogP contribution < -0.4 is 5.32 Å². The molecular formula is C13H24N4O. The first-order chi connectivity index (χ1) is 8.78. The third-order valence-corrected chi connectivity index (χ3v) is 3.30. The summed E-state index contributed by atoms with van der Waals surface area (Å²) in [7, 11) is 0. The van der Waals surface area contributed by atoms with E-state index in [1.807, 2.05) is 10.9 Å². The topological polar surface area (TPSA) is 42.3 Å². The Bertz CT molecular complexity index is 347. The summed E-state index contributed by atoms with van der Waals surface area (Å²) in [6, 6.07) is 0.494. The van der Waals surface area contributed by atoms with Crippen molar-refractivity contribution in [3.05, 3.63) is 18.0 Å². The first-order valence-electron chi connectivity index (χ1n) is 6.82. The summed E-state index contributed by atoms with van der Waals surface area (Å²) in [5.41, 5.74) is 1.26. The number of ether oxygens (including phenoxy) is 1. The molecule has 0 amide bonds. The maximum Gasteiger partial charge on any atom is 0.0594 e. The van der Waals surface area contributed by atoms with E-state index in [-0.39, 0.29) is 0 Å². The Balaban J connectivity index is 1.68. The van der Waals surface area contributed by atoms with Gasteiger partial charge >= 0.3 is 0 Å². The molecule has 0 bridgehead atoms. The Labute approximate surface area is 109 Å². The van der Waals surface area contributed by atoms with Crippen LogP contribution in [0.5, 0.6) is 0 Å². The highest BCUT2D eigenvalue weighted by Gasteiger charge is 2.13. The number of morpholine rings is 1. The van der Waals surface area contributed by atoms with Crippen LogP contribution in [0, 0.1) is 0 Å². The highest BCUT2D eigenvalue weighted by Crippen LogP contribution is 2.01. The fraction of sp³-hybridized carbons (Fsp3) is 0.769. The molecule has 0 spiro atoms. The standard InChI is InChI=1S/C13H24N4O/c1-3-17-11-13(9-15-17)8-14-12(2)10-16-4-6-18-7-5-16/h9,11-12,14H,3-8,10H2,1-2H3/t12-/m0/s1. The molecule has 102 valence electrons. The van der Waals surface area contributed by atoms with Gasteiger partial charge in [-0.3, -0.25) is 9.58 Å². The van der Waals surface area contributed by atoms with Gasteiger partial charge in [0, 0.05) is 50.5 Å². The number of aryl methyl sites for hydroxylation is 1. The van der Waals surface area contributed by atoms with Gasteiger partial charge in [-0.2, -0.15) is 5.10 Å². The quantitative estimate of drug-likeness (QED) is 0.810. The number of rotatable bonds is 6. The summed E-state index contributed by atoms with van der Waals surface area (Å²) in [6.07, 6.45) is 4.05. The van der Waals surface area contributed by atoms with E-state index in [1.165, 1.54) is 5.56 Å². The van der Waals surface area contributed by atoms with E-state index < -0.39 is 0 Å². The first kappa shape index (κ1) is 13.5. The summed E-state index contributed by atoms with van der Waals surface area (Å²) < 4.78 is 7.31. The molecule has 1 N–H and O–H groups in total. The van der Waals surface area contributed by atoms with Crippen LogP contribution in [0.4, 0.5) is 0 Å². The summed E-state index contributed by atoms with van der Waals surface area (Å²) in [4.78, 5) is 2.45. The second kappa shape index (κ2) is 6.87. The van der Waals surface area contributed by atoms with Gasteiger partial charge in [-0.15, -0.1) is 0 Å². The van der Waals surface area contributed by atoms with Gasteiger partial charge in [0.15, 0.2) is 0 Å². The lowest BCUT2D eigenvalue weighted by molar-refractivity contribution is 0.0343. The van der Waals surface area contributed by atoms with Crippen LogP contribution >= 0.6 is 0 Å². The molecule has 1 aliphatic rings. The van der Waals surface area contributed by atoms with E-state index in [9.17, 15) is 0 Å². The van der Waals surface area contributed by atoms with Crippen molar-refractivity contribution >= 4 is 0 Å². The van der Waals surface area contributed by atoms with Crippen molar-refractivity contribution in [2.24, 2.45) is 0 Å². The molecule has 1 saturated heterocycles. The third kappa shape index (κ3) is 4.08. The van der Waals surface area contributed by atoms with Crippen molar-refractivity contribution < 1.29 is 4.74 Å². The normalized spacial score (nSPS) is 19.0. The molecular weight excluding hydrogens is 228 g/mol. The summed E-state index contributed by atoms with van der Waals surface area (Å²) in [6.45, 7) is 11.1. The largest absolute Gasteiger partial charge is 0.379 e. The van der Waals surface area contributed by atoms with Gasteiger partial charge in [0.05, 0.1) is 19.4 Å². The van der Waals surface area contributed by atoms with Crippen LogP contribution in [0.25, 0.3) is 0 Å². The van der Waals surface area contributed by atoms with Crippen LogP contribution in [-0.4, -0.2) is 53.6 Å². The summed E-state index contributed by atoms with van der Waals surface area (Å²) in [5.74, 6) is 0. The zero-order valence-corrected chi connectivity index (χ0v) is 11.4. The monoisotopic (exact) mass is 252 g/mol. The molecule has 1 aromatic heterocycles. The van der Waals surface area contributed by atoms with Gasteiger partial charge in [-0.25, -0.2) is 0 Å². The van der Waals surface area contributed by atoms with Crippen molar-refractivity contribution in [1.82, 2.24) is 20.0 Å². The SMILES string of the molecule is CCn1cc(CN[C@@H](C)CN2CCOCC2)cn1. The van der Waals surface area contributed by atoms with Crippen molar-refractivity contribution in [2.75, 3.05) is 32.8 Å². The maximum atomic E-state index is 5.35. The van der Waals surface area contributed by atoms with Gasteiger partial charge in [-0.05, 0) is 13.8 Å². The number of nitrogens with zero attached hydrogens (tertiary/aromatic N) is 3. The second-order valence-corrected chi connectivity index (χ2v) is 4.90. The van der Waals surface area contributed by atoms with Gasteiger partial charge < -0.3 is 10.1 Å². The van der Waals surface area contributed by atoms with E-state index in [2.05, 4.69) is 35.4 Å². The first-order valence-corrected chi connectivity index (χ1v) is 6.82. The minimum Gasteiger partial charge on any atom is -0.379 e. The molecule has 5 nitrogen and oxygen atoms in total. The smallest absolute Gasteiger partial charge is 0.0594 e. The fourth-order valence-corrected chi connectivity index (χ4v) is 2.20. The summed E-state index contributed by atoms with van der Waals surface area (Å²) in [5, 5.41) is 7.83. The molecule has 1 atom stereocenters. The molecule has 0 unspecified atom stereocenters. The predicted octanol–water partition coefficient (Wildman–Crippen LogP) is 0.713. The molecule has 2 rings (SSSR count). The second-order valence-electron chi connectivity index (χ2n) is 4.90. The number of hydrogen-bond acceptors (Lipinski definition) is 4. The van der Waals surface area contributed by atoms with E-state index in [0.717, 1.165) is 45.9 Å². The third-order valence-electron chi connectivity index (χ3n) is 3.30. The molecule has 0 aromatic carbocycles. The minimum absolute atomic E-state index is 0.494. The average Bonchev–Trinajstić information content (AvgIpc) is 2.85. The van der Waals surface area contributed by atoms with E-state index in [0.29, 0.717) is 6.04 Å². The van der Waals surface area contributed by atoms with E-state index in [1.54, 1.807) is 0 Å². The van der Waals surface area contributed by atoms with Crippen LogP contribution in [0.1, 0.15) is 19.4 Å². The number of nitrogens with one attached hydrogen (secondary N) is 1. The lowest BCUT2D eigenvalue weighted by Gasteiger charge is -2.29. The van der Waals surface area contributed by atoms with Crippen LogP contribution in [0.2, 0.25) is 0 Å². The number of hydrogen-bond donors (Lipinski definition) is 1. The molecule has 18 heavy (non-hydrogen) atoms. The molecule has 0 saturated carbocycles. The highest BCUT2D eigenvalue weighted by atomic mass is 16.5. The molecule has 1 aliphatic heterocycles. The predicted molar refractivity (Wildman–Crippen MR) is 71.5 cm³/mol. The van der Waals surface area contributed by atoms with Crippen molar-refractivity contribution in [3.8, 4) is 0 Å². The zero-order valence-electron chi connectivity index (χ0n) is 11.4. The van der Waals surface area contributed by atoms with Crippen molar-refractivity contribution in [3.63, 3.8) is 0 Å². The minimum atomic E-state index is 0.494. The Morgan fingerprint density at radius 3 is 2.89 bits per heavy atom. The zero-order chi connectivity index (χ0) is 12.8. The average molecular weight is 252 g/mol. The maximum absolute atomic E-state index is 5.35. The van der Waals surface area contributed by atoms with Crippen LogP contribution in [-0.2, 0) is 17.8 Å². The van der Waals surface area contributed by atoms with Gasteiger partial charge in [0.2, 0.25) is 0 Å². The van der Waals surface area contributed by atoms with Crippen LogP contribution in [0.15, 0.2) is 12.4 Å². The molecule has 1 aromatic rings. The van der Waals surface area contributed by atoms with E-state index in [4.69, 9.17) is 4.74 Å². The lowest BCUT2D eigenvalue weighted by Crippen LogP contribution is -2.44. The van der Waals surface area contributed by atoms with Crippen molar-refractivity contribution in [1.29, 1.82) is 0 Å². The molecule has 0 radical (unpaired) electrons. The van der Waals surface area contributed by atoms with Crippen molar-refractivity contribution in [2.45, 2.75) is 33.0 Å². The molecule has 2 heterocycles. The summed E-state index contributed by atoms with van der Waals surface area (Å²) >= 11 is 0. The van der Waals surface area contributed by atoms with E-state index >= 15 is 0 Å².